The van der Waals surface area contributed by atoms with Gasteiger partial charge in [-0.1, -0.05) is 55.1 Å². The molecule has 3 fully saturated rings. The third-order valence-corrected chi connectivity index (χ3v) is 11.7. The van der Waals surface area contributed by atoms with Gasteiger partial charge in [0.05, 0.1) is 22.2 Å². The molecule has 0 spiro atoms. The summed E-state index contributed by atoms with van der Waals surface area (Å²) in [6.45, 7) is 3.38. The van der Waals surface area contributed by atoms with Crippen molar-refractivity contribution in [3.63, 3.8) is 0 Å². The van der Waals surface area contributed by atoms with E-state index in [1.807, 2.05) is 24.3 Å². The Bertz CT molecular complexity index is 1560. The SMILES string of the molecule is NC1CCN(C(=O)[C@@H]2CN(Cc3ccc(-c4ccc(Cl)cn4)cc3)CCN2S(=O)(=O)c2ccc(OCC3CCCCC3)cc2)CC1. The van der Waals surface area contributed by atoms with Gasteiger partial charge in [-0.05, 0) is 73.6 Å². The molecule has 6 rings (SSSR count). The predicted molar refractivity (Wildman–Crippen MR) is 180 cm³/mol. The molecular weight excluding hydrogens is 622 g/mol. The van der Waals surface area contributed by atoms with Gasteiger partial charge in [0.25, 0.3) is 0 Å². The minimum atomic E-state index is -3.93. The lowest BCUT2D eigenvalue weighted by Crippen LogP contribution is -2.61. The van der Waals surface area contributed by atoms with Crippen LogP contribution in [0.3, 0.4) is 0 Å². The van der Waals surface area contributed by atoms with E-state index in [0.29, 0.717) is 68.9 Å². The molecule has 2 N–H and O–H groups in total. The number of nitrogens with two attached hydrogens (primary N) is 1. The first-order valence-electron chi connectivity index (χ1n) is 16.5. The number of nitrogens with zero attached hydrogens (tertiary/aromatic N) is 4. The minimum absolute atomic E-state index is 0.0663. The Morgan fingerprint density at radius 3 is 2.28 bits per heavy atom. The largest absolute Gasteiger partial charge is 0.493 e. The van der Waals surface area contributed by atoms with Crippen LogP contribution < -0.4 is 10.5 Å². The summed E-state index contributed by atoms with van der Waals surface area (Å²) in [4.78, 5) is 22.5. The van der Waals surface area contributed by atoms with Gasteiger partial charge in [0.2, 0.25) is 15.9 Å². The molecule has 3 aliphatic rings. The number of amides is 1. The number of sulfonamides is 1. The number of aromatic nitrogens is 1. The second kappa shape index (κ2) is 14.8. The molecule has 1 aliphatic carbocycles. The predicted octanol–water partition coefficient (Wildman–Crippen LogP) is 5.19. The van der Waals surface area contributed by atoms with Crippen LogP contribution in [0.2, 0.25) is 5.02 Å². The van der Waals surface area contributed by atoms with Gasteiger partial charge in [-0.25, -0.2) is 8.42 Å². The van der Waals surface area contributed by atoms with Crippen molar-refractivity contribution in [2.75, 3.05) is 39.3 Å². The van der Waals surface area contributed by atoms with Gasteiger partial charge >= 0.3 is 0 Å². The molecule has 246 valence electrons. The molecule has 3 heterocycles. The topological polar surface area (TPSA) is 109 Å². The van der Waals surface area contributed by atoms with Gasteiger partial charge in [0, 0.05) is 57.1 Å². The quantitative estimate of drug-likeness (QED) is 0.335. The lowest BCUT2D eigenvalue weighted by molar-refractivity contribution is -0.138. The summed E-state index contributed by atoms with van der Waals surface area (Å²) < 4.78 is 35.6. The second-order valence-corrected chi connectivity index (χ2v) is 15.2. The maximum absolute atomic E-state index is 14.1. The number of piperazine rings is 1. The van der Waals surface area contributed by atoms with Gasteiger partial charge in [0.1, 0.15) is 11.8 Å². The summed E-state index contributed by atoms with van der Waals surface area (Å²) >= 11 is 5.99. The van der Waals surface area contributed by atoms with Crippen molar-refractivity contribution < 1.29 is 17.9 Å². The van der Waals surface area contributed by atoms with Crippen LogP contribution >= 0.6 is 11.6 Å². The van der Waals surface area contributed by atoms with Crippen molar-refractivity contribution in [3.05, 3.63) is 77.4 Å². The van der Waals surface area contributed by atoms with Crippen molar-refractivity contribution in [2.24, 2.45) is 11.7 Å². The normalized spacial score (nSPS) is 20.9. The van der Waals surface area contributed by atoms with E-state index >= 15 is 0 Å². The first-order chi connectivity index (χ1) is 22.3. The standard InChI is InChI=1S/C35H44ClN5O4S/c36-29-10-15-33(38-22-29)28-8-6-26(7-9-28)23-39-20-21-41(34(24-39)35(42)40-18-16-30(37)17-19-40)46(43,44)32-13-11-31(12-14-32)45-25-27-4-2-1-3-5-27/h6-15,22,27,30,34H,1-5,16-21,23-25,37H2/t34-/m0/s1. The molecule has 9 nitrogen and oxygen atoms in total. The summed E-state index contributed by atoms with van der Waals surface area (Å²) in [6.07, 6.45) is 9.21. The highest BCUT2D eigenvalue weighted by atomic mass is 35.5. The zero-order valence-electron chi connectivity index (χ0n) is 26.3. The summed E-state index contributed by atoms with van der Waals surface area (Å²) in [6, 6.07) is 17.8. The highest BCUT2D eigenvalue weighted by molar-refractivity contribution is 7.89. The Balaban J connectivity index is 1.16. The number of pyridine rings is 1. The third-order valence-electron chi connectivity index (χ3n) is 9.58. The Kier molecular flexibility index (Phi) is 10.6. The van der Waals surface area contributed by atoms with E-state index in [9.17, 15) is 13.2 Å². The van der Waals surface area contributed by atoms with Gasteiger partial charge in [-0.3, -0.25) is 14.7 Å². The molecular formula is C35H44ClN5O4S. The molecule has 2 aliphatic heterocycles. The molecule has 46 heavy (non-hydrogen) atoms. The fraction of sp³-hybridized carbons (Fsp3) is 0.486. The van der Waals surface area contributed by atoms with Crippen molar-refractivity contribution >= 4 is 27.5 Å². The van der Waals surface area contributed by atoms with Crippen LogP contribution in [-0.2, 0) is 21.4 Å². The number of likely N-dealkylation sites (tertiary alicyclic amines) is 1. The number of hydrogen-bond donors (Lipinski definition) is 1. The molecule has 0 bridgehead atoms. The zero-order chi connectivity index (χ0) is 32.1. The molecule has 2 aromatic carbocycles. The van der Waals surface area contributed by atoms with Crippen molar-refractivity contribution in [1.29, 1.82) is 0 Å². The van der Waals surface area contributed by atoms with Crippen LogP contribution in [0.15, 0.2) is 71.8 Å². The van der Waals surface area contributed by atoms with Gasteiger partial charge in [0.15, 0.2) is 0 Å². The maximum Gasteiger partial charge on any atom is 0.243 e. The van der Waals surface area contributed by atoms with Crippen molar-refractivity contribution in [1.82, 2.24) is 19.1 Å². The lowest BCUT2D eigenvalue weighted by atomic mass is 9.90. The zero-order valence-corrected chi connectivity index (χ0v) is 27.8. The average Bonchev–Trinajstić information content (AvgIpc) is 3.09. The maximum atomic E-state index is 14.1. The summed E-state index contributed by atoms with van der Waals surface area (Å²) in [7, 11) is -3.93. The number of benzene rings is 2. The van der Waals surface area contributed by atoms with E-state index in [4.69, 9.17) is 22.1 Å². The Labute approximate surface area is 277 Å². The van der Waals surface area contributed by atoms with Crippen LogP contribution in [0.25, 0.3) is 11.3 Å². The number of halogens is 1. The molecule has 1 atom stereocenters. The van der Waals surface area contributed by atoms with E-state index in [1.54, 1.807) is 35.4 Å². The van der Waals surface area contributed by atoms with E-state index in [-0.39, 0.29) is 23.4 Å². The molecule has 3 aromatic rings. The van der Waals surface area contributed by atoms with Gasteiger partial charge < -0.3 is 15.4 Å². The van der Waals surface area contributed by atoms with Gasteiger partial charge in [-0.15, -0.1) is 0 Å². The second-order valence-electron chi connectivity index (χ2n) is 12.9. The molecule has 11 heteroatoms. The van der Waals surface area contributed by atoms with Crippen LogP contribution in [0.1, 0.15) is 50.5 Å². The average molecular weight is 666 g/mol. The number of hydrogen-bond acceptors (Lipinski definition) is 7. The highest BCUT2D eigenvalue weighted by Crippen LogP contribution is 2.28. The molecule has 0 radical (unpaired) electrons. The van der Waals surface area contributed by atoms with E-state index in [1.165, 1.54) is 36.4 Å². The van der Waals surface area contributed by atoms with E-state index < -0.39 is 16.1 Å². The molecule has 1 saturated carbocycles. The van der Waals surface area contributed by atoms with Crippen LogP contribution in [0, 0.1) is 5.92 Å². The van der Waals surface area contributed by atoms with Crippen LogP contribution in [0.4, 0.5) is 0 Å². The monoisotopic (exact) mass is 665 g/mol. The summed E-state index contributed by atoms with van der Waals surface area (Å²) in [5.74, 6) is 1.07. The fourth-order valence-corrected chi connectivity index (χ4v) is 8.46. The minimum Gasteiger partial charge on any atom is -0.493 e. The van der Waals surface area contributed by atoms with Crippen molar-refractivity contribution in [3.8, 4) is 17.0 Å². The number of carbonyl (C=O) groups excluding carboxylic acids is 1. The Morgan fingerprint density at radius 1 is 0.891 bits per heavy atom. The molecule has 1 amide bonds. The Morgan fingerprint density at radius 2 is 1.61 bits per heavy atom. The number of ether oxygens (including phenoxy) is 1. The highest BCUT2D eigenvalue weighted by Gasteiger charge is 2.42. The summed E-state index contributed by atoms with van der Waals surface area (Å²) in [5.41, 5.74) is 9.01. The number of rotatable bonds is 9. The smallest absolute Gasteiger partial charge is 0.243 e. The van der Waals surface area contributed by atoms with E-state index in [2.05, 4.69) is 22.0 Å². The molecule has 0 unspecified atom stereocenters. The number of carbonyl (C=O) groups is 1. The molecule has 1 aromatic heterocycles. The van der Waals surface area contributed by atoms with Crippen LogP contribution in [-0.4, -0.2) is 84.8 Å². The van der Waals surface area contributed by atoms with Gasteiger partial charge in [-0.2, -0.15) is 4.31 Å². The van der Waals surface area contributed by atoms with Crippen LogP contribution in [0.5, 0.6) is 5.75 Å². The summed E-state index contributed by atoms with van der Waals surface area (Å²) in [5, 5.41) is 0.592. The number of piperidine rings is 1. The third kappa shape index (κ3) is 7.91. The molecule has 2 saturated heterocycles. The lowest BCUT2D eigenvalue weighted by Gasteiger charge is -2.42. The first-order valence-corrected chi connectivity index (χ1v) is 18.3. The fourth-order valence-electron chi connectivity index (χ4n) is 6.78. The first kappa shape index (κ1) is 32.9. The van der Waals surface area contributed by atoms with Crippen molar-refractivity contribution in [2.45, 2.75) is 68.5 Å². The Hall–Kier alpha value is -3.02. The van der Waals surface area contributed by atoms with E-state index in [0.717, 1.165) is 16.8 Å².